The zero-order valence-corrected chi connectivity index (χ0v) is 22.5. The van der Waals surface area contributed by atoms with Crippen molar-refractivity contribution in [3.05, 3.63) is 71.8 Å². The standard InChI is InChI=1S/C32H48N2O2/c1-2-3-4-5-6-7-8-9-10-11-12-13-14-21-26-33-32(36)30(27-28-22-17-15-18-23-28)34-31(35)29-24-19-16-20-25-29/h15-20,22-25,30H,2-14,21,26-27H2,1H3,(H,33,36)(H,34,35)/t30-/m0/s1. The molecular weight excluding hydrogens is 444 g/mol. The van der Waals surface area contributed by atoms with Crippen molar-refractivity contribution in [2.75, 3.05) is 6.54 Å². The van der Waals surface area contributed by atoms with E-state index in [1.54, 1.807) is 12.1 Å². The third-order valence-electron chi connectivity index (χ3n) is 6.77. The largest absolute Gasteiger partial charge is 0.354 e. The van der Waals surface area contributed by atoms with Crippen LogP contribution in [0.15, 0.2) is 60.7 Å². The maximum absolute atomic E-state index is 12.9. The summed E-state index contributed by atoms with van der Waals surface area (Å²) in [5.41, 5.74) is 1.60. The van der Waals surface area contributed by atoms with Gasteiger partial charge in [0.15, 0.2) is 0 Å². The smallest absolute Gasteiger partial charge is 0.251 e. The van der Waals surface area contributed by atoms with E-state index in [0.29, 0.717) is 18.5 Å². The zero-order chi connectivity index (χ0) is 25.7. The van der Waals surface area contributed by atoms with Crippen molar-refractivity contribution in [1.29, 1.82) is 0 Å². The number of carbonyl (C=O) groups is 2. The summed E-state index contributed by atoms with van der Waals surface area (Å²) in [7, 11) is 0. The zero-order valence-electron chi connectivity index (χ0n) is 22.5. The molecule has 0 aromatic heterocycles. The highest BCUT2D eigenvalue weighted by atomic mass is 16.2. The van der Waals surface area contributed by atoms with Gasteiger partial charge in [-0.3, -0.25) is 9.59 Å². The number of unbranched alkanes of at least 4 members (excludes halogenated alkanes) is 13. The SMILES string of the molecule is CCCCCCCCCCCCCCCCNC(=O)[C@H](Cc1ccccc1)NC(=O)c1ccccc1. The van der Waals surface area contributed by atoms with E-state index in [-0.39, 0.29) is 11.8 Å². The van der Waals surface area contributed by atoms with Gasteiger partial charge in [-0.25, -0.2) is 0 Å². The van der Waals surface area contributed by atoms with Crippen molar-refractivity contribution in [2.45, 2.75) is 109 Å². The van der Waals surface area contributed by atoms with E-state index < -0.39 is 6.04 Å². The second-order valence-electron chi connectivity index (χ2n) is 9.97. The molecule has 2 rings (SSSR count). The molecular formula is C32H48N2O2. The molecule has 2 aromatic rings. The lowest BCUT2D eigenvalue weighted by Crippen LogP contribution is -2.48. The van der Waals surface area contributed by atoms with E-state index in [9.17, 15) is 9.59 Å². The number of amides is 2. The van der Waals surface area contributed by atoms with Gasteiger partial charge >= 0.3 is 0 Å². The molecule has 0 fully saturated rings. The van der Waals surface area contributed by atoms with Crippen molar-refractivity contribution >= 4 is 11.8 Å². The molecule has 2 amide bonds. The molecule has 0 heterocycles. The van der Waals surface area contributed by atoms with Gasteiger partial charge in [-0.15, -0.1) is 0 Å². The van der Waals surface area contributed by atoms with Gasteiger partial charge in [0.1, 0.15) is 6.04 Å². The molecule has 0 saturated heterocycles. The van der Waals surface area contributed by atoms with Crippen LogP contribution in [0.3, 0.4) is 0 Å². The summed E-state index contributed by atoms with van der Waals surface area (Å²) in [4.78, 5) is 25.6. The first-order valence-corrected chi connectivity index (χ1v) is 14.4. The molecule has 1 atom stereocenters. The Morgan fingerprint density at radius 2 is 1.11 bits per heavy atom. The van der Waals surface area contributed by atoms with Gasteiger partial charge < -0.3 is 10.6 Å². The third-order valence-corrected chi connectivity index (χ3v) is 6.77. The van der Waals surface area contributed by atoms with Crippen LogP contribution in [0.25, 0.3) is 0 Å². The van der Waals surface area contributed by atoms with E-state index in [2.05, 4.69) is 17.6 Å². The normalized spacial score (nSPS) is 11.7. The van der Waals surface area contributed by atoms with Gasteiger partial charge in [-0.2, -0.15) is 0 Å². The monoisotopic (exact) mass is 492 g/mol. The minimum Gasteiger partial charge on any atom is -0.354 e. The van der Waals surface area contributed by atoms with Crippen molar-refractivity contribution in [2.24, 2.45) is 0 Å². The molecule has 4 nitrogen and oxygen atoms in total. The summed E-state index contributed by atoms with van der Waals surface area (Å²) in [5, 5.41) is 5.98. The number of rotatable bonds is 20. The van der Waals surface area contributed by atoms with Crippen molar-refractivity contribution < 1.29 is 9.59 Å². The first-order valence-electron chi connectivity index (χ1n) is 14.4. The Morgan fingerprint density at radius 3 is 1.64 bits per heavy atom. The Kier molecular flexibility index (Phi) is 16.1. The molecule has 2 N–H and O–H groups in total. The lowest BCUT2D eigenvalue weighted by Gasteiger charge is -2.19. The molecule has 4 heteroatoms. The molecule has 0 aliphatic heterocycles. The summed E-state index contributed by atoms with van der Waals surface area (Å²) in [6, 6.07) is 18.3. The van der Waals surface area contributed by atoms with Gasteiger partial charge in [0.2, 0.25) is 5.91 Å². The summed E-state index contributed by atoms with van der Waals surface area (Å²) < 4.78 is 0. The third kappa shape index (κ3) is 13.5. The highest BCUT2D eigenvalue weighted by Crippen LogP contribution is 2.13. The Hall–Kier alpha value is -2.62. The molecule has 0 radical (unpaired) electrons. The van der Waals surface area contributed by atoms with E-state index in [0.717, 1.165) is 18.4 Å². The molecule has 36 heavy (non-hydrogen) atoms. The summed E-state index contributed by atoms with van der Waals surface area (Å²) in [6.45, 7) is 2.93. The van der Waals surface area contributed by atoms with Crippen molar-refractivity contribution in [3.8, 4) is 0 Å². The van der Waals surface area contributed by atoms with E-state index in [1.807, 2.05) is 48.5 Å². The van der Waals surface area contributed by atoms with Crippen LogP contribution in [-0.2, 0) is 11.2 Å². The predicted molar refractivity (Wildman–Crippen MR) is 151 cm³/mol. The molecule has 0 unspecified atom stereocenters. The lowest BCUT2D eigenvalue weighted by molar-refractivity contribution is -0.122. The highest BCUT2D eigenvalue weighted by molar-refractivity contribution is 5.97. The maximum atomic E-state index is 12.9. The fourth-order valence-electron chi connectivity index (χ4n) is 4.54. The van der Waals surface area contributed by atoms with E-state index in [1.165, 1.54) is 77.0 Å². The van der Waals surface area contributed by atoms with Crippen LogP contribution in [0.4, 0.5) is 0 Å². The van der Waals surface area contributed by atoms with Crippen LogP contribution >= 0.6 is 0 Å². The first kappa shape index (κ1) is 29.6. The summed E-state index contributed by atoms with van der Waals surface area (Å²) >= 11 is 0. The quantitative estimate of drug-likeness (QED) is 0.187. The number of benzene rings is 2. The average molecular weight is 493 g/mol. The number of carbonyl (C=O) groups excluding carboxylic acids is 2. The van der Waals surface area contributed by atoms with E-state index >= 15 is 0 Å². The number of hydrogen-bond acceptors (Lipinski definition) is 2. The van der Waals surface area contributed by atoms with Crippen LogP contribution < -0.4 is 10.6 Å². The van der Waals surface area contributed by atoms with Crippen LogP contribution in [0.1, 0.15) is 113 Å². The fourth-order valence-corrected chi connectivity index (χ4v) is 4.54. The van der Waals surface area contributed by atoms with Crippen LogP contribution in [0.5, 0.6) is 0 Å². The second-order valence-corrected chi connectivity index (χ2v) is 9.97. The van der Waals surface area contributed by atoms with Crippen molar-refractivity contribution in [3.63, 3.8) is 0 Å². The molecule has 0 spiro atoms. The Morgan fingerprint density at radius 1 is 0.639 bits per heavy atom. The van der Waals surface area contributed by atoms with Crippen LogP contribution in [0, 0.1) is 0 Å². The second kappa shape index (κ2) is 19.6. The molecule has 0 aliphatic carbocycles. The van der Waals surface area contributed by atoms with Gasteiger partial charge in [0, 0.05) is 18.5 Å². The van der Waals surface area contributed by atoms with Gasteiger partial charge in [-0.05, 0) is 24.1 Å². The Bertz CT molecular complexity index is 823. The molecule has 0 aliphatic rings. The fraction of sp³-hybridized carbons (Fsp3) is 0.562. The number of nitrogens with one attached hydrogen (secondary N) is 2. The predicted octanol–water partition coefficient (Wildman–Crippen LogP) is 7.63. The van der Waals surface area contributed by atoms with Gasteiger partial charge in [0.25, 0.3) is 5.91 Å². The maximum Gasteiger partial charge on any atom is 0.251 e. The number of hydrogen-bond donors (Lipinski definition) is 2. The average Bonchev–Trinajstić information content (AvgIpc) is 2.91. The first-order chi connectivity index (χ1) is 17.7. The van der Waals surface area contributed by atoms with Crippen LogP contribution in [-0.4, -0.2) is 24.4 Å². The lowest BCUT2D eigenvalue weighted by atomic mass is 10.0. The summed E-state index contributed by atoms with van der Waals surface area (Å²) in [6.07, 6.45) is 18.9. The minimum absolute atomic E-state index is 0.113. The highest BCUT2D eigenvalue weighted by Gasteiger charge is 2.21. The summed E-state index contributed by atoms with van der Waals surface area (Å²) in [5.74, 6) is -0.332. The minimum atomic E-state index is -0.591. The Balaban J connectivity index is 1.59. The van der Waals surface area contributed by atoms with Crippen molar-refractivity contribution in [1.82, 2.24) is 10.6 Å². The van der Waals surface area contributed by atoms with E-state index in [4.69, 9.17) is 0 Å². The molecule has 198 valence electrons. The molecule has 2 aromatic carbocycles. The van der Waals surface area contributed by atoms with Gasteiger partial charge in [-0.1, -0.05) is 139 Å². The Labute approximate surface area is 219 Å². The van der Waals surface area contributed by atoms with Gasteiger partial charge in [0.05, 0.1) is 0 Å². The topological polar surface area (TPSA) is 58.2 Å². The van der Waals surface area contributed by atoms with Crippen LogP contribution in [0.2, 0.25) is 0 Å². The molecule has 0 saturated carbocycles. The molecule has 0 bridgehead atoms.